The maximum absolute atomic E-state index is 11.9. The van der Waals surface area contributed by atoms with Crippen molar-refractivity contribution in [2.75, 3.05) is 11.4 Å². The lowest BCUT2D eigenvalue weighted by Gasteiger charge is -2.11. The minimum Gasteiger partial charge on any atom is -0.369 e. The zero-order valence-corrected chi connectivity index (χ0v) is 11.0. The van der Waals surface area contributed by atoms with Crippen molar-refractivity contribution in [1.29, 1.82) is 0 Å². The maximum atomic E-state index is 11.9. The van der Waals surface area contributed by atoms with Gasteiger partial charge in [-0.1, -0.05) is 11.3 Å². The number of Topliss-reactive ketones (excluding diaryl/α,β-unsaturated/α-hetero) is 1. The molecule has 1 fully saturated rings. The molecule has 2 N–H and O–H groups in total. The first-order valence-electron chi connectivity index (χ1n) is 6.19. The molecule has 100 valence electrons. The van der Waals surface area contributed by atoms with Crippen LogP contribution < -0.4 is 10.6 Å². The summed E-state index contributed by atoms with van der Waals surface area (Å²) in [6.07, 6.45) is 2.27. The molecule has 6 nitrogen and oxygen atoms in total. The smallest absolute Gasteiger partial charge is 0.229 e. The van der Waals surface area contributed by atoms with Crippen LogP contribution in [0, 0.1) is 5.92 Å². The number of aromatic nitrogens is 1. The first-order valence-corrected chi connectivity index (χ1v) is 7.00. The van der Waals surface area contributed by atoms with Crippen LogP contribution in [0.4, 0.5) is 5.13 Å². The van der Waals surface area contributed by atoms with Crippen LogP contribution in [0.1, 0.15) is 34.6 Å². The van der Waals surface area contributed by atoms with Gasteiger partial charge in [0, 0.05) is 19.4 Å². The number of amides is 2. The van der Waals surface area contributed by atoms with Gasteiger partial charge in [-0.3, -0.25) is 19.3 Å². The van der Waals surface area contributed by atoms with Crippen LogP contribution in [0.5, 0.6) is 0 Å². The average molecular weight is 279 g/mol. The van der Waals surface area contributed by atoms with E-state index in [9.17, 15) is 14.4 Å². The molecule has 0 saturated carbocycles. The van der Waals surface area contributed by atoms with Gasteiger partial charge in [0.25, 0.3) is 0 Å². The fourth-order valence-electron chi connectivity index (χ4n) is 2.45. The molecule has 1 atom stereocenters. The van der Waals surface area contributed by atoms with Gasteiger partial charge in [-0.2, -0.15) is 0 Å². The molecule has 1 unspecified atom stereocenters. The Morgan fingerprint density at radius 3 is 2.79 bits per heavy atom. The predicted molar refractivity (Wildman–Crippen MR) is 69.0 cm³/mol. The highest BCUT2D eigenvalue weighted by atomic mass is 32.1. The van der Waals surface area contributed by atoms with E-state index in [1.807, 2.05) is 0 Å². The lowest BCUT2D eigenvalue weighted by atomic mass is 10.0. The fraction of sp³-hybridized carbons (Fsp3) is 0.500. The summed E-state index contributed by atoms with van der Waals surface area (Å²) in [6.45, 7) is 0.273. The van der Waals surface area contributed by atoms with Gasteiger partial charge in [0.05, 0.1) is 16.5 Å². The summed E-state index contributed by atoms with van der Waals surface area (Å²) in [5.41, 5.74) is 6.01. The van der Waals surface area contributed by atoms with E-state index in [2.05, 4.69) is 4.98 Å². The van der Waals surface area contributed by atoms with E-state index < -0.39 is 11.8 Å². The number of thiazole rings is 1. The van der Waals surface area contributed by atoms with Gasteiger partial charge in [0.2, 0.25) is 11.8 Å². The molecule has 2 aliphatic rings. The first kappa shape index (κ1) is 12.3. The minimum absolute atomic E-state index is 0.100. The average Bonchev–Trinajstić information content (AvgIpc) is 2.93. The molecule has 2 heterocycles. The molecule has 0 aromatic carbocycles. The highest BCUT2D eigenvalue weighted by Crippen LogP contribution is 2.34. The normalized spacial score (nSPS) is 22.7. The van der Waals surface area contributed by atoms with Crippen molar-refractivity contribution < 1.29 is 14.4 Å². The molecule has 7 heteroatoms. The number of fused-ring (bicyclic) bond motifs is 1. The molecule has 1 saturated heterocycles. The number of aryl methyl sites for hydroxylation is 1. The molecular weight excluding hydrogens is 266 g/mol. The van der Waals surface area contributed by atoms with E-state index in [0.29, 0.717) is 16.4 Å². The van der Waals surface area contributed by atoms with Crippen molar-refractivity contribution in [3.63, 3.8) is 0 Å². The summed E-state index contributed by atoms with van der Waals surface area (Å²) in [7, 11) is 0. The lowest BCUT2D eigenvalue weighted by molar-refractivity contribution is -0.123. The highest BCUT2D eigenvalue weighted by molar-refractivity contribution is 7.17. The fourth-order valence-corrected chi connectivity index (χ4v) is 3.56. The molecule has 1 aromatic heterocycles. The number of nitrogens with zero attached hydrogens (tertiary/aromatic N) is 2. The first-order chi connectivity index (χ1) is 9.06. The Hall–Kier alpha value is -1.76. The highest BCUT2D eigenvalue weighted by Gasteiger charge is 2.36. The number of rotatable bonds is 2. The Morgan fingerprint density at radius 1 is 1.37 bits per heavy atom. The van der Waals surface area contributed by atoms with Gasteiger partial charge in [-0.15, -0.1) is 0 Å². The van der Waals surface area contributed by atoms with Crippen LogP contribution in [0.2, 0.25) is 0 Å². The minimum atomic E-state index is -0.465. The number of nitrogens with two attached hydrogens (primary N) is 1. The molecule has 1 aliphatic carbocycles. The molecule has 3 rings (SSSR count). The van der Waals surface area contributed by atoms with Crippen LogP contribution in [-0.2, 0) is 16.0 Å². The third-order valence-electron chi connectivity index (χ3n) is 3.52. The second-order valence-corrected chi connectivity index (χ2v) is 5.83. The van der Waals surface area contributed by atoms with E-state index in [-0.39, 0.29) is 24.7 Å². The second kappa shape index (κ2) is 4.41. The molecule has 2 amide bonds. The Morgan fingerprint density at radius 2 is 2.16 bits per heavy atom. The van der Waals surface area contributed by atoms with Gasteiger partial charge >= 0.3 is 0 Å². The van der Waals surface area contributed by atoms with Crippen molar-refractivity contribution in [3.05, 3.63) is 10.6 Å². The van der Waals surface area contributed by atoms with Crippen LogP contribution in [0.25, 0.3) is 0 Å². The van der Waals surface area contributed by atoms with Crippen LogP contribution in [0.15, 0.2) is 0 Å². The number of ketones is 1. The number of carbonyl (C=O) groups is 3. The monoisotopic (exact) mass is 279 g/mol. The lowest BCUT2D eigenvalue weighted by Crippen LogP contribution is -2.28. The second-order valence-electron chi connectivity index (χ2n) is 4.86. The number of hydrogen-bond donors (Lipinski definition) is 1. The Balaban J connectivity index is 1.89. The topological polar surface area (TPSA) is 93.4 Å². The van der Waals surface area contributed by atoms with Crippen LogP contribution in [0.3, 0.4) is 0 Å². The third kappa shape index (κ3) is 2.03. The van der Waals surface area contributed by atoms with E-state index in [4.69, 9.17) is 5.73 Å². The van der Waals surface area contributed by atoms with Gasteiger partial charge in [-0.05, 0) is 12.8 Å². The van der Waals surface area contributed by atoms with Crippen molar-refractivity contribution in [2.24, 2.45) is 11.7 Å². The Kier molecular flexibility index (Phi) is 2.85. The van der Waals surface area contributed by atoms with E-state index in [1.165, 1.54) is 16.2 Å². The zero-order chi connectivity index (χ0) is 13.6. The number of primary amides is 1. The molecule has 1 aromatic rings. The third-order valence-corrected chi connectivity index (χ3v) is 4.68. The van der Waals surface area contributed by atoms with Crippen molar-refractivity contribution in [2.45, 2.75) is 25.7 Å². The van der Waals surface area contributed by atoms with Crippen molar-refractivity contribution in [3.8, 4) is 0 Å². The Bertz CT molecular complexity index is 581. The number of hydrogen-bond acceptors (Lipinski definition) is 5. The van der Waals surface area contributed by atoms with Gasteiger partial charge in [-0.25, -0.2) is 4.98 Å². The molecule has 1 aliphatic heterocycles. The largest absolute Gasteiger partial charge is 0.369 e. The standard InChI is InChI=1S/C12H13N3O3S/c13-11(18)6-4-9(17)15(5-6)12-14-7-2-1-3-8(16)10(7)19-12/h6H,1-5H2,(H2,13,18). The maximum Gasteiger partial charge on any atom is 0.229 e. The van der Waals surface area contributed by atoms with E-state index in [0.717, 1.165) is 18.5 Å². The summed E-state index contributed by atoms with van der Waals surface area (Å²) < 4.78 is 0. The number of anilines is 1. The van der Waals surface area contributed by atoms with Crippen molar-refractivity contribution >= 4 is 34.1 Å². The van der Waals surface area contributed by atoms with E-state index >= 15 is 0 Å². The van der Waals surface area contributed by atoms with Gasteiger partial charge in [0.15, 0.2) is 10.9 Å². The van der Waals surface area contributed by atoms with Crippen LogP contribution >= 0.6 is 11.3 Å². The molecule has 0 spiro atoms. The quantitative estimate of drug-likeness (QED) is 0.853. The molecule has 0 bridgehead atoms. The predicted octanol–water partition coefficient (Wildman–Crippen LogP) is 0.500. The summed E-state index contributed by atoms with van der Waals surface area (Å²) in [5, 5.41) is 0.522. The van der Waals surface area contributed by atoms with E-state index in [1.54, 1.807) is 0 Å². The molecule has 19 heavy (non-hydrogen) atoms. The van der Waals surface area contributed by atoms with Gasteiger partial charge in [0.1, 0.15) is 0 Å². The number of carbonyl (C=O) groups excluding carboxylic acids is 3. The molecular formula is C12H13N3O3S. The summed E-state index contributed by atoms with van der Waals surface area (Å²) >= 11 is 1.25. The SMILES string of the molecule is NC(=O)C1CC(=O)N(c2nc3c(s2)C(=O)CCC3)C1. The summed E-state index contributed by atoms with van der Waals surface area (Å²) in [6, 6.07) is 0. The van der Waals surface area contributed by atoms with Crippen molar-refractivity contribution in [1.82, 2.24) is 4.98 Å². The Labute approximate surface area is 113 Å². The summed E-state index contributed by atoms with van der Waals surface area (Å²) in [4.78, 5) is 41.3. The zero-order valence-electron chi connectivity index (χ0n) is 10.2. The van der Waals surface area contributed by atoms with Gasteiger partial charge < -0.3 is 5.73 Å². The summed E-state index contributed by atoms with van der Waals surface area (Å²) in [5.74, 6) is -0.970. The molecule has 0 radical (unpaired) electrons. The van der Waals surface area contributed by atoms with Crippen LogP contribution in [-0.4, -0.2) is 29.1 Å².